The van der Waals surface area contributed by atoms with Crippen LogP contribution >= 0.6 is 12.1 Å². The molecular formula is C19H26N4OS. The van der Waals surface area contributed by atoms with Crippen LogP contribution in [0.25, 0.3) is 0 Å². The van der Waals surface area contributed by atoms with Crippen molar-refractivity contribution in [2.24, 2.45) is 0 Å². The number of anilines is 1. The van der Waals surface area contributed by atoms with Crippen molar-refractivity contribution in [1.29, 1.82) is 0 Å². The third-order valence-electron chi connectivity index (χ3n) is 6.50. The number of piperazine rings is 1. The predicted octanol–water partition coefficient (Wildman–Crippen LogP) is 2.74. The molecule has 3 heterocycles. The topological polar surface area (TPSA) is 47.6 Å². The van der Waals surface area contributed by atoms with Crippen LogP contribution in [0.5, 0.6) is 0 Å². The second-order valence-corrected chi connectivity index (χ2v) is 8.84. The van der Waals surface area contributed by atoms with Gasteiger partial charge in [-0.2, -0.15) is 0 Å². The van der Waals surface area contributed by atoms with Gasteiger partial charge in [0.15, 0.2) is 0 Å². The maximum atomic E-state index is 12.5. The third-order valence-corrected chi connectivity index (χ3v) is 7.34. The average Bonchev–Trinajstić information content (AvgIpc) is 3.28. The SMILES string of the molecule is CN1C2CC1CN(SNC(=O)Nc1c3c(cc4c1CCC4)CCC3)C2. The molecule has 6 rings (SSSR count). The minimum atomic E-state index is -0.0769. The van der Waals surface area contributed by atoms with E-state index in [-0.39, 0.29) is 6.03 Å². The molecule has 134 valence electrons. The largest absolute Gasteiger partial charge is 0.330 e. The molecule has 3 fully saturated rings. The maximum absolute atomic E-state index is 12.5. The van der Waals surface area contributed by atoms with Crippen LogP contribution < -0.4 is 10.0 Å². The van der Waals surface area contributed by atoms with E-state index in [1.54, 1.807) is 0 Å². The summed E-state index contributed by atoms with van der Waals surface area (Å²) in [6.45, 7) is 2.07. The highest BCUT2D eigenvalue weighted by molar-refractivity contribution is 7.95. The van der Waals surface area contributed by atoms with Gasteiger partial charge in [0.25, 0.3) is 0 Å². The summed E-state index contributed by atoms with van der Waals surface area (Å²) in [5.74, 6) is 0. The van der Waals surface area contributed by atoms with Gasteiger partial charge in [-0.25, -0.2) is 9.10 Å². The minimum absolute atomic E-state index is 0.0769. The Morgan fingerprint density at radius 1 is 1.08 bits per heavy atom. The molecule has 25 heavy (non-hydrogen) atoms. The van der Waals surface area contributed by atoms with Crippen molar-refractivity contribution in [3.8, 4) is 0 Å². The van der Waals surface area contributed by atoms with Crippen molar-refractivity contribution in [3.63, 3.8) is 0 Å². The van der Waals surface area contributed by atoms with Crippen LogP contribution in [-0.4, -0.2) is 47.5 Å². The van der Waals surface area contributed by atoms with Gasteiger partial charge in [-0.05, 0) is 74.2 Å². The number of rotatable bonds is 3. The Morgan fingerprint density at radius 3 is 2.32 bits per heavy atom. The lowest BCUT2D eigenvalue weighted by Crippen LogP contribution is -2.66. The number of amides is 2. The van der Waals surface area contributed by atoms with Crippen LogP contribution in [0, 0.1) is 0 Å². The van der Waals surface area contributed by atoms with Crippen LogP contribution in [0.15, 0.2) is 6.07 Å². The van der Waals surface area contributed by atoms with Gasteiger partial charge in [0, 0.05) is 43.0 Å². The van der Waals surface area contributed by atoms with Gasteiger partial charge in [-0.3, -0.25) is 9.62 Å². The summed E-state index contributed by atoms with van der Waals surface area (Å²) in [5, 5.41) is 3.21. The van der Waals surface area contributed by atoms with E-state index in [1.807, 2.05) is 0 Å². The molecule has 1 aromatic carbocycles. The lowest BCUT2D eigenvalue weighted by molar-refractivity contribution is -0.0180. The number of piperidine rings is 1. The van der Waals surface area contributed by atoms with Crippen molar-refractivity contribution in [2.75, 3.05) is 25.5 Å². The van der Waals surface area contributed by atoms with Gasteiger partial charge in [0.05, 0.1) is 0 Å². The lowest BCUT2D eigenvalue weighted by atomic mass is 9.90. The first-order valence-electron chi connectivity index (χ1n) is 9.56. The molecule has 3 saturated heterocycles. The first kappa shape index (κ1) is 16.0. The zero-order valence-corrected chi connectivity index (χ0v) is 15.6. The van der Waals surface area contributed by atoms with E-state index in [1.165, 1.54) is 53.7 Å². The van der Waals surface area contributed by atoms with Crippen LogP contribution in [-0.2, 0) is 25.7 Å². The normalized spacial score (nSPS) is 27.6. The molecule has 5 nitrogen and oxygen atoms in total. The molecule has 2 atom stereocenters. The predicted molar refractivity (Wildman–Crippen MR) is 102 cm³/mol. The molecule has 5 aliphatic rings. The monoisotopic (exact) mass is 358 g/mol. The molecule has 6 heteroatoms. The van der Waals surface area contributed by atoms with Gasteiger partial charge >= 0.3 is 6.03 Å². The number of hydrogen-bond donors (Lipinski definition) is 2. The highest BCUT2D eigenvalue weighted by atomic mass is 32.2. The first-order chi connectivity index (χ1) is 12.2. The van der Waals surface area contributed by atoms with Crippen molar-refractivity contribution in [2.45, 2.75) is 57.0 Å². The molecule has 0 saturated carbocycles. The van der Waals surface area contributed by atoms with Gasteiger partial charge in [-0.1, -0.05) is 6.07 Å². The molecular weight excluding hydrogens is 332 g/mol. The van der Waals surface area contributed by atoms with E-state index < -0.39 is 0 Å². The summed E-state index contributed by atoms with van der Waals surface area (Å²) >= 11 is 1.47. The zero-order chi connectivity index (χ0) is 17.0. The summed E-state index contributed by atoms with van der Waals surface area (Å²) in [6.07, 6.45) is 8.28. The van der Waals surface area contributed by atoms with E-state index in [4.69, 9.17) is 0 Å². The standard InChI is InChI=1S/C19H26N4OS/c1-22-14-9-15(22)11-23(10-14)25-21-19(24)20-18-16-6-2-4-12(16)8-13-5-3-7-17(13)18/h8,14-15H,2-7,9-11H2,1H3,(H2,20,21,24). The highest BCUT2D eigenvalue weighted by Crippen LogP contribution is 2.38. The second-order valence-electron chi connectivity index (χ2n) is 7.94. The summed E-state index contributed by atoms with van der Waals surface area (Å²) in [6, 6.07) is 3.65. The zero-order valence-electron chi connectivity index (χ0n) is 14.8. The number of aryl methyl sites for hydroxylation is 2. The Hall–Kier alpha value is -1.24. The molecule has 1 aromatic rings. The average molecular weight is 359 g/mol. The summed E-state index contributed by atoms with van der Waals surface area (Å²) < 4.78 is 5.30. The first-order valence-corrected chi connectivity index (χ1v) is 10.3. The number of nitrogens with one attached hydrogen (secondary N) is 2. The van der Waals surface area contributed by atoms with Crippen molar-refractivity contribution >= 4 is 23.9 Å². The Bertz CT molecular complexity index is 678. The third kappa shape index (κ3) is 2.75. The fourth-order valence-electron chi connectivity index (χ4n) is 5.04. The van der Waals surface area contributed by atoms with Gasteiger partial charge in [-0.15, -0.1) is 0 Å². The Kier molecular flexibility index (Phi) is 3.95. The summed E-state index contributed by atoms with van der Waals surface area (Å²) in [5.41, 5.74) is 6.83. The number of fused-ring (bicyclic) bond motifs is 4. The maximum Gasteiger partial charge on any atom is 0.330 e. The van der Waals surface area contributed by atoms with E-state index in [0.717, 1.165) is 44.5 Å². The van der Waals surface area contributed by atoms with Crippen molar-refractivity contribution in [3.05, 3.63) is 28.3 Å². The number of likely N-dealkylation sites (N-methyl/N-ethyl adjacent to an activating group) is 1. The van der Waals surface area contributed by atoms with Crippen LogP contribution in [0.4, 0.5) is 10.5 Å². The van der Waals surface area contributed by atoms with Crippen molar-refractivity contribution < 1.29 is 4.79 Å². The number of benzene rings is 1. The minimum Gasteiger partial charge on any atom is -0.307 e. The van der Waals surface area contributed by atoms with Gasteiger partial charge in [0.1, 0.15) is 0 Å². The smallest absolute Gasteiger partial charge is 0.307 e. The van der Waals surface area contributed by atoms with Crippen molar-refractivity contribution in [1.82, 2.24) is 13.9 Å². The number of nitrogens with zero attached hydrogens (tertiary/aromatic N) is 2. The van der Waals surface area contributed by atoms with Crippen LogP contribution in [0.3, 0.4) is 0 Å². The summed E-state index contributed by atoms with van der Waals surface area (Å²) in [7, 11) is 2.21. The number of carbonyl (C=O) groups is 1. The quantitative estimate of drug-likeness (QED) is 0.816. The number of urea groups is 1. The Balaban J connectivity index is 1.25. The number of carbonyl (C=O) groups excluding carboxylic acids is 1. The molecule has 0 aromatic heterocycles. The van der Waals surface area contributed by atoms with E-state index in [2.05, 4.69) is 32.4 Å². The van der Waals surface area contributed by atoms with Crippen LogP contribution in [0.1, 0.15) is 41.5 Å². The van der Waals surface area contributed by atoms with Crippen LogP contribution in [0.2, 0.25) is 0 Å². The molecule has 2 bridgehead atoms. The molecule has 0 radical (unpaired) electrons. The Morgan fingerprint density at radius 2 is 1.72 bits per heavy atom. The molecule has 3 aliphatic heterocycles. The Labute approximate surface area is 153 Å². The van der Waals surface area contributed by atoms with Gasteiger partial charge in [0.2, 0.25) is 0 Å². The molecule has 2 N–H and O–H groups in total. The second kappa shape index (κ2) is 6.18. The molecule has 2 amide bonds. The van der Waals surface area contributed by atoms with E-state index >= 15 is 0 Å². The highest BCUT2D eigenvalue weighted by Gasteiger charge is 2.42. The fourth-order valence-corrected chi connectivity index (χ4v) is 5.80. The molecule has 2 unspecified atom stereocenters. The van der Waals surface area contributed by atoms with Gasteiger partial charge < -0.3 is 5.32 Å². The van der Waals surface area contributed by atoms with E-state index in [0.29, 0.717) is 12.1 Å². The fraction of sp³-hybridized carbons (Fsp3) is 0.632. The number of hydrogen-bond acceptors (Lipinski definition) is 4. The molecule has 2 aliphatic carbocycles. The van der Waals surface area contributed by atoms with E-state index in [9.17, 15) is 4.79 Å². The summed E-state index contributed by atoms with van der Waals surface area (Å²) in [4.78, 5) is 15.0. The lowest BCUT2D eigenvalue weighted by Gasteiger charge is -2.54. The molecule has 0 spiro atoms.